The normalized spacial score (nSPS) is 11.8. The molecule has 3 rings (SSSR count). The lowest BCUT2D eigenvalue weighted by Crippen LogP contribution is -2.21. The third-order valence-electron chi connectivity index (χ3n) is 4.93. The van der Waals surface area contributed by atoms with Crippen LogP contribution in [-0.4, -0.2) is 36.1 Å². The van der Waals surface area contributed by atoms with Crippen LogP contribution < -0.4 is 4.90 Å². The van der Waals surface area contributed by atoms with Crippen molar-refractivity contribution in [3.63, 3.8) is 0 Å². The number of fused-ring (bicyclic) bond motifs is 1. The molecule has 0 radical (unpaired) electrons. The highest BCUT2D eigenvalue weighted by Gasteiger charge is 2.16. The summed E-state index contributed by atoms with van der Waals surface area (Å²) in [5, 5.41) is 0. The summed E-state index contributed by atoms with van der Waals surface area (Å²) in [7, 11) is 0. The fourth-order valence-electron chi connectivity index (χ4n) is 3.37. The largest absolute Gasteiger partial charge is 0.435 e. The summed E-state index contributed by atoms with van der Waals surface area (Å²) in [4.78, 5) is 9.38. The summed E-state index contributed by atoms with van der Waals surface area (Å²) < 4.78 is 6.22. The van der Waals surface area contributed by atoms with Crippen LogP contribution >= 0.6 is 0 Å². The number of oxazole rings is 1. The second-order valence-corrected chi connectivity index (χ2v) is 6.46. The smallest absolute Gasteiger partial charge is 0.243 e. The van der Waals surface area contributed by atoms with Gasteiger partial charge in [-0.25, -0.2) is 4.98 Å². The molecule has 4 nitrogen and oxygen atoms in total. The van der Waals surface area contributed by atoms with Crippen molar-refractivity contribution in [2.75, 3.05) is 31.1 Å². The molecule has 3 aromatic rings. The standard InChI is InChI=1S/C23H29N3O/c1-5-25(6-2)19-14-15-20-22(17-19)27-23(24-20)21(26(7-3)8-4)16-18-12-10-9-11-13-18/h9-17H,5-8H2,1-4H3. The molecule has 0 saturated heterocycles. The number of nitrogens with zero attached hydrogens (tertiary/aromatic N) is 3. The Kier molecular flexibility index (Phi) is 6.17. The summed E-state index contributed by atoms with van der Waals surface area (Å²) in [6.45, 7) is 12.4. The molecule has 2 aromatic carbocycles. The van der Waals surface area contributed by atoms with Crippen molar-refractivity contribution in [2.45, 2.75) is 27.7 Å². The van der Waals surface area contributed by atoms with Crippen molar-refractivity contribution in [3.05, 3.63) is 60.0 Å². The van der Waals surface area contributed by atoms with Gasteiger partial charge in [0.1, 0.15) is 11.2 Å². The number of benzene rings is 2. The zero-order chi connectivity index (χ0) is 19.2. The Balaban J connectivity index is 2.06. The van der Waals surface area contributed by atoms with Crippen molar-refractivity contribution in [1.29, 1.82) is 0 Å². The SMILES string of the molecule is CCN(CC)C(=Cc1ccccc1)c1nc2ccc(N(CC)CC)cc2o1. The molecule has 0 amide bonds. The van der Waals surface area contributed by atoms with Crippen LogP contribution in [0.4, 0.5) is 5.69 Å². The third kappa shape index (κ3) is 4.16. The third-order valence-corrected chi connectivity index (χ3v) is 4.93. The van der Waals surface area contributed by atoms with Crippen molar-refractivity contribution in [2.24, 2.45) is 0 Å². The van der Waals surface area contributed by atoms with Gasteiger partial charge in [0.15, 0.2) is 5.58 Å². The molecule has 0 spiro atoms. The van der Waals surface area contributed by atoms with Gasteiger partial charge in [0.2, 0.25) is 5.89 Å². The molecule has 0 fully saturated rings. The maximum atomic E-state index is 6.22. The van der Waals surface area contributed by atoms with Gasteiger partial charge in [0.05, 0.1) is 0 Å². The topological polar surface area (TPSA) is 32.5 Å². The average Bonchev–Trinajstić information content (AvgIpc) is 3.13. The molecular formula is C23H29N3O. The van der Waals surface area contributed by atoms with E-state index in [4.69, 9.17) is 9.40 Å². The average molecular weight is 364 g/mol. The van der Waals surface area contributed by atoms with Crippen LogP contribution in [0.5, 0.6) is 0 Å². The minimum atomic E-state index is 0.675. The highest BCUT2D eigenvalue weighted by atomic mass is 16.3. The monoisotopic (exact) mass is 363 g/mol. The molecule has 1 heterocycles. The first-order valence-electron chi connectivity index (χ1n) is 9.87. The number of rotatable bonds is 8. The van der Waals surface area contributed by atoms with Crippen LogP contribution in [0.1, 0.15) is 39.1 Å². The van der Waals surface area contributed by atoms with E-state index in [0.29, 0.717) is 5.89 Å². The van der Waals surface area contributed by atoms with Gasteiger partial charge in [0, 0.05) is 37.9 Å². The molecule has 0 saturated carbocycles. The molecule has 0 bridgehead atoms. The first-order valence-corrected chi connectivity index (χ1v) is 9.87. The van der Waals surface area contributed by atoms with E-state index < -0.39 is 0 Å². The van der Waals surface area contributed by atoms with Crippen molar-refractivity contribution in [1.82, 2.24) is 9.88 Å². The first kappa shape index (κ1) is 19.0. The number of hydrogen-bond donors (Lipinski definition) is 0. The predicted molar refractivity (Wildman–Crippen MR) is 115 cm³/mol. The summed E-state index contributed by atoms with van der Waals surface area (Å²) >= 11 is 0. The van der Waals surface area contributed by atoms with E-state index in [0.717, 1.165) is 48.5 Å². The Labute approximate surface area is 162 Å². The Bertz CT molecular complexity index is 890. The van der Waals surface area contributed by atoms with E-state index in [-0.39, 0.29) is 0 Å². The van der Waals surface area contributed by atoms with Crippen LogP contribution in [0.15, 0.2) is 52.9 Å². The van der Waals surface area contributed by atoms with Crippen LogP contribution in [0, 0.1) is 0 Å². The van der Waals surface area contributed by atoms with Crippen LogP contribution in [-0.2, 0) is 0 Å². The first-order chi connectivity index (χ1) is 13.2. The fraction of sp³-hybridized carbons (Fsp3) is 0.348. The van der Waals surface area contributed by atoms with E-state index in [1.54, 1.807) is 0 Å². The lowest BCUT2D eigenvalue weighted by Gasteiger charge is -2.22. The Morgan fingerprint density at radius 2 is 1.63 bits per heavy atom. The summed E-state index contributed by atoms with van der Waals surface area (Å²) in [5.74, 6) is 0.675. The van der Waals surface area contributed by atoms with E-state index in [1.807, 2.05) is 18.2 Å². The molecule has 4 heteroatoms. The molecule has 0 N–H and O–H groups in total. The second-order valence-electron chi connectivity index (χ2n) is 6.46. The van der Waals surface area contributed by atoms with Gasteiger partial charge in [0.25, 0.3) is 0 Å². The summed E-state index contributed by atoms with van der Waals surface area (Å²) in [6, 6.07) is 16.6. The zero-order valence-corrected chi connectivity index (χ0v) is 16.8. The molecule has 0 aliphatic heterocycles. The summed E-state index contributed by atoms with van der Waals surface area (Å²) in [5.41, 5.74) is 5.07. The molecule has 0 aliphatic rings. The Hall–Kier alpha value is -2.75. The van der Waals surface area contributed by atoms with E-state index in [9.17, 15) is 0 Å². The van der Waals surface area contributed by atoms with Crippen LogP contribution in [0.2, 0.25) is 0 Å². The number of hydrogen-bond acceptors (Lipinski definition) is 4. The Morgan fingerprint density at radius 1 is 0.926 bits per heavy atom. The minimum Gasteiger partial charge on any atom is -0.435 e. The van der Waals surface area contributed by atoms with Gasteiger partial charge in [-0.15, -0.1) is 0 Å². The zero-order valence-electron chi connectivity index (χ0n) is 16.8. The van der Waals surface area contributed by atoms with E-state index >= 15 is 0 Å². The van der Waals surface area contributed by atoms with Crippen LogP contribution in [0.25, 0.3) is 22.9 Å². The van der Waals surface area contributed by atoms with Gasteiger partial charge in [-0.2, -0.15) is 0 Å². The number of anilines is 1. The predicted octanol–water partition coefficient (Wildman–Crippen LogP) is 5.51. The summed E-state index contributed by atoms with van der Waals surface area (Å²) in [6.07, 6.45) is 2.16. The quantitative estimate of drug-likeness (QED) is 0.528. The van der Waals surface area contributed by atoms with Gasteiger partial charge >= 0.3 is 0 Å². The second kappa shape index (κ2) is 8.76. The fourth-order valence-corrected chi connectivity index (χ4v) is 3.37. The number of aromatic nitrogens is 1. The van der Waals surface area contributed by atoms with E-state index in [1.165, 1.54) is 5.69 Å². The van der Waals surface area contributed by atoms with Crippen molar-refractivity contribution < 1.29 is 4.42 Å². The van der Waals surface area contributed by atoms with Gasteiger partial charge in [-0.05, 0) is 51.5 Å². The molecular weight excluding hydrogens is 334 g/mol. The molecule has 27 heavy (non-hydrogen) atoms. The van der Waals surface area contributed by atoms with Crippen molar-refractivity contribution in [3.8, 4) is 0 Å². The highest BCUT2D eigenvalue weighted by molar-refractivity contribution is 5.83. The maximum Gasteiger partial charge on any atom is 0.243 e. The molecule has 0 unspecified atom stereocenters. The van der Waals surface area contributed by atoms with Gasteiger partial charge < -0.3 is 14.2 Å². The van der Waals surface area contributed by atoms with Gasteiger partial charge in [-0.3, -0.25) is 0 Å². The molecule has 0 aliphatic carbocycles. The van der Waals surface area contributed by atoms with Crippen LogP contribution in [0.3, 0.4) is 0 Å². The van der Waals surface area contributed by atoms with Crippen molar-refractivity contribution >= 4 is 28.6 Å². The lowest BCUT2D eigenvalue weighted by atomic mass is 10.2. The van der Waals surface area contributed by atoms with E-state index in [2.05, 4.69) is 73.9 Å². The lowest BCUT2D eigenvalue weighted by molar-refractivity contribution is 0.423. The molecule has 0 atom stereocenters. The highest BCUT2D eigenvalue weighted by Crippen LogP contribution is 2.28. The maximum absolute atomic E-state index is 6.22. The minimum absolute atomic E-state index is 0.675. The van der Waals surface area contributed by atoms with Gasteiger partial charge in [-0.1, -0.05) is 30.3 Å². The molecule has 142 valence electrons. The Morgan fingerprint density at radius 3 is 2.26 bits per heavy atom. The molecule has 1 aromatic heterocycles.